The Morgan fingerprint density at radius 2 is 0.400 bits per heavy atom. The third-order valence-electron chi connectivity index (χ3n) is 0. The molecule has 0 aromatic carbocycles. The molecule has 0 aliphatic carbocycles. The quantitative estimate of drug-likeness (QED) is 0.535. The van der Waals surface area contributed by atoms with Crippen molar-refractivity contribution in [1.29, 1.82) is 0 Å². The summed E-state index contributed by atoms with van der Waals surface area (Å²) >= 11 is 0. The molecule has 0 atom stereocenters. The van der Waals surface area contributed by atoms with Crippen molar-refractivity contribution in [3.8, 4) is 0 Å². The summed E-state index contributed by atoms with van der Waals surface area (Å²) in [5, 5.41) is 0. The van der Waals surface area contributed by atoms with E-state index in [9.17, 15) is 0 Å². The summed E-state index contributed by atoms with van der Waals surface area (Å²) in [5.74, 6) is 0. The molecule has 0 fully saturated rings. The molecule has 0 saturated heterocycles. The number of hydrogen-bond acceptors (Lipinski definition) is 0. The summed E-state index contributed by atoms with van der Waals surface area (Å²) in [7, 11) is 0. The first kappa shape index (κ1) is 98.7. The van der Waals surface area contributed by atoms with Crippen LogP contribution in [0.2, 0.25) is 0 Å². The average Bonchev–Trinajstić information content (AvgIpc) is 0. The summed E-state index contributed by atoms with van der Waals surface area (Å²) in [6.07, 6.45) is 0. The average molecular weight is 264 g/mol. The van der Waals surface area contributed by atoms with Crippen LogP contribution in [0.5, 0.6) is 0 Å². The molecular weight excluding hydrogens is 264 g/mol. The Kier molecular flexibility index (Phi) is 1090. The molecule has 0 aliphatic heterocycles. The van der Waals surface area contributed by atoms with Crippen LogP contribution < -0.4 is 0 Å². The maximum absolute atomic E-state index is 0. The number of hydrogen-bond donors (Lipinski definition) is 0. The molecule has 5 heavy (non-hydrogen) atoms. The summed E-state index contributed by atoms with van der Waals surface area (Å²) in [5.41, 5.74) is 0. The van der Waals surface area contributed by atoms with Crippen LogP contribution in [0.25, 0.3) is 0 Å². The molecule has 5 heteroatoms. The van der Waals surface area contributed by atoms with Gasteiger partial charge in [0.05, 0.1) is 0 Å². The van der Waals surface area contributed by atoms with Gasteiger partial charge in [-0.15, -0.1) is 0 Å². The van der Waals surface area contributed by atoms with Crippen LogP contribution in [-0.4, -0.2) is 0 Å². The van der Waals surface area contributed by atoms with Crippen molar-refractivity contribution in [2.75, 3.05) is 0 Å². The molecule has 0 N–H and O–H groups in total. The Hall–Kier alpha value is 1.36. The largest absolute Gasteiger partial charge is 3.00 e. The Labute approximate surface area is 61.1 Å². The smallest absolute Gasteiger partial charge is 2.00 e. The summed E-state index contributed by atoms with van der Waals surface area (Å²) in [4.78, 5) is 0. The van der Waals surface area contributed by atoms with E-state index < -0.39 is 0 Å². The third-order valence-corrected chi connectivity index (χ3v) is 0. The van der Waals surface area contributed by atoms with Crippen molar-refractivity contribution >= 4 is 0 Å². The van der Waals surface area contributed by atoms with Crippen LogP contribution in [0.15, 0.2) is 0 Å². The maximum atomic E-state index is 0. The molecule has 0 rings (SSSR count). The first-order chi connectivity index (χ1) is 0. The van der Waals surface area contributed by atoms with Gasteiger partial charge in [0.25, 0.3) is 0 Å². The van der Waals surface area contributed by atoms with E-state index in [1.165, 1.54) is 0 Å². The van der Waals surface area contributed by atoms with E-state index in [0.29, 0.717) is 0 Å². The fraction of sp³-hybridized carbons (Fsp3) is 0. The minimum Gasteiger partial charge on any atom is -2.00 e. The van der Waals surface area contributed by atoms with Crippen LogP contribution in [0.1, 0.15) is 0 Å². The van der Waals surface area contributed by atoms with E-state index in [1.807, 2.05) is 0 Å². The zero-order valence-corrected chi connectivity index (χ0v) is 4.79. The van der Waals surface area contributed by atoms with Gasteiger partial charge < -0.3 is 16.4 Å². The first-order valence-corrected chi connectivity index (χ1v) is 0. The second-order valence-corrected chi connectivity index (χ2v) is 0. The Morgan fingerprint density at radius 1 is 0.400 bits per heavy atom. The molecule has 0 spiro atoms. The summed E-state index contributed by atoms with van der Waals surface area (Å²) in [6.45, 7) is 0. The van der Waals surface area contributed by atoms with Gasteiger partial charge in [0.2, 0.25) is 0 Å². The van der Waals surface area contributed by atoms with Gasteiger partial charge in [-0.25, -0.2) is 0 Å². The van der Waals surface area contributed by atoms with Gasteiger partial charge in [0, 0.05) is 0 Å². The van der Waals surface area contributed by atoms with Crippen LogP contribution >= 0.6 is 0 Å². The minimum atomic E-state index is 0. The standard InChI is InChI=1S/2Ag.3O/q2*+3;3*-2. The maximum Gasteiger partial charge on any atom is 3.00 e. The summed E-state index contributed by atoms with van der Waals surface area (Å²) < 4.78 is 0. The molecule has 0 aromatic rings. The van der Waals surface area contributed by atoms with E-state index >= 15 is 0 Å². The molecule has 0 aliphatic rings. The zero-order chi connectivity index (χ0) is 0. The van der Waals surface area contributed by atoms with Gasteiger partial charge >= 0.3 is 44.8 Å². The monoisotopic (exact) mass is 262 g/mol. The van der Waals surface area contributed by atoms with Gasteiger partial charge in [-0.3, -0.25) is 0 Å². The molecule has 40 valence electrons. The predicted molar refractivity (Wildman–Crippen MR) is 2.06 cm³/mol. The van der Waals surface area contributed by atoms with Crippen molar-refractivity contribution in [3.63, 3.8) is 0 Å². The molecule has 0 heterocycles. The third kappa shape index (κ3) is 32.7. The van der Waals surface area contributed by atoms with Gasteiger partial charge in [-0.2, -0.15) is 0 Å². The topological polar surface area (TPSA) is 85.5 Å². The molecular formula is Ag2O3. The van der Waals surface area contributed by atoms with Gasteiger partial charge in [0.15, 0.2) is 0 Å². The fourth-order valence-electron chi connectivity index (χ4n) is 0. The first-order valence-electron chi connectivity index (χ1n) is 0. The van der Waals surface area contributed by atoms with Crippen LogP contribution in [0.3, 0.4) is 0 Å². The second kappa shape index (κ2) is 55.1. The molecule has 0 saturated carbocycles. The van der Waals surface area contributed by atoms with Gasteiger partial charge in [0.1, 0.15) is 0 Å². The van der Waals surface area contributed by atoms with Gasteiger partial charge in [-0.05, 0) is 0 Å². The Bertz CT molecular complexity index is 4.85. The van der Waals surface area contributed by atoms with Crippen molar-refractivity contribution in [2.45, 2.75) is 0 Å². The van der Waals surface area contributed by atoms with Crippen molar-refractivity contribution in [1.82, 2.24) is 0 Å². The zero-order valence-electron chi connectivity index (χ0n) is 1.83. The molecule has 0 aromatic heterocycles. The molecule has 0 radical (unpaired) electrons. The predicted octanol–water partition coefficient (Wildman–Crippen LogP) is -0.361. The summed E-state index contributed by atoms with van der Waals surface area (Å²) in [6, 6.07) is 0. The molecule has 0 unspecified atom stereocenters. The normalized spacial score (nSPS) is 0. The van der Waals surface area contributed by atoms with Crippen molar-refractivity contribution in [3.05, 3.63) is 0 Å². The van der Waals surface area contributed by atoms with E-state index in [1.54, 1.807) is 0 Å². The SMILES string of the molecule is [Ag+3].[Ag+3].[O-2].[O-2].[O-2]. The molecule has 0 amide bonds. The van der Waals surface area contributed by atoms with Gasteiger partial charge in [-0.1, -0.05) is 0 Å². The van der Waals surface area contributed by atoms with Crippen LogP contribution in [-0.2, 0) is 61.2 Å². The van der Waals surface area contributed by atoms with Crippen molar-refractivity contribution < 1.29 is 61.2 Å². The fourth-order valence-corrected chi connectivity index (χ4v) is 0. The van der Waals surface area contributed by atoms with Crippen LogP contribution in [0, 0.1) is 0 Å². The van der Waals surface area contributed by atoms with Crippen LogP contribution in [0.4, 0.5) is 0 Å². The number of rotatable bonds is 0. The van der Waals surface area contributed by atoms with E-state index in [2.05, 4.69) is 0 Å². The van der Waals surface area contributed by atoms with E-state index in [0.717, 1.165) is 0 Å². The Balaban J connectivity index is 0. The second-order valence-electron chi connectivity index (χ2n) is 0. The van der Waals surface area contributed by atoms with E-state index in [4.69, 9.17) is 0 Å². The Morgan fingerprint density at radius 3 is 0.400 bits per heavy atom. The molecule has 0 bridgehead atoms. The minimum absolute atomic E-state index is 0. The van der Waals surface area contributed by atoms with Crippen molar-refractivity contribution in [2.24, 2.45) is 0 Å². The molecule has 3 nitrogen and oxygen atoms in total. The van der Waals surface area contributed by atoms with E-state index in [-0.39, 0.29) is 61.2 Å².